The minimum absolute atomic E-state index is 0.693. The highest BCUT2D eigenvalue weighted by atomic mass is 14.7. The number of aryl methyl sites for hydroxylation is 1. The molecular formula is C21H19N. The molecule has 0 unspecified atom stereocenters. The van der Waals surface area contributed by atoms with E-state index in [9.17, 15) is 0 Å². The topological polar surface area (TPSA) is 12.4 Å². The highest BCUT2D eigenvalue weighted by Gasteiger charge is 2.06. The summed E-state index contributed by atoms with van der Waals surface area (Å²) in [5, 5.41) is 0. The van der Waals surface area contributed by atoms with Crippen molar-refractivity contribution >= 4 is 5.71 Å². The first-order valence-electron chi connectivity index (χ1n) is 7.54. The van der Waals surface area contributed by atoms with Gasteiger partial charge < -0.3 is 0 Å². The van der Waals surface area contributed by atoms with Crippen LogP contribution in [0.5, 0.6) is 0 Å². The monoisotopic (exact) mass is 285 g/mol. The Labute approximate surface area is 132 Å². The van der Waals surface area contributed by atoms with Gasteiger partial charge in [-0.05, 0) is 12.5 Å². The number of rotatable bonds is 4. The number of nitrogens with zero attached hydrogens (tertiary/aromatic N) is 1. The zero-order chi connectivity index (χ0) is 15.2. The normalized spacial score (nSPS) is 11.4. The molecule has 0 fully saturated rings. The lowest BCUT2D eigenvalue weighted by atomic mass is 10.0. The van der Waals surface area contributed by atoms with Crippen LogP contribution in [0.2, 0.25) is 0 Å². The van der Waals surface area contributed by atoms with Crippen molar-refractivity contribution < 1.29 is 0 Å². The molecule has 0 N–H and O–H groups in total. The molecule has 0 saturated heterocycles. The molecule has 0 spiro atoms. The molecule has 0 saturated carbocycles. The lowest BCUT2D eigenvalue weighted by Gasteiger charge is -2.08. The minimum atomic E-state index is 0.693. The van der Waals surface area contributed by atoms with Crippen LogP contribution in [0.3, 0.4) is 0 Å². The second kappa shape index (κ2) is 6.86. The van der Waals surface area contributed by atoms with Gasteiger partial charge in [0.15, 0.2) is 0 Å². The van der Waals surface area contributed by atoms with Crippen LogP contribution in [0.15, 0.2) is 89.9 Å². The van der Waals surface area contributed by atoms with Gasteiger partial charge in [0.2, 0.25) is 0 Å². The summed E-state index contributed by atoms with van der Waals surface area (Å²) in [5.41, 5.74) is 5.85. The van der Waals surface area contributed by atoms with Crippen molar-refractivity contribution in [2.45, 2.75) is 13.5 Å². The summed E-state index contributed by atoms with van der Waals surface area (Å²) in [4.78, 5) is 4.88. The zero-order valence-corrected chi connectivity index (χ0v) is 12.7. The summed E-state index contributed by atoms with van der Waals surface area (Å²) in [6.07, 6.45) is 0. The average Bonchev–Trinajstić information content (AvgIpc) is 2.58. The molecule has 0 aliphatic carbocycles. The lowest BCUT2D eigenvalue weighted by Crippen LogP contribution is -2.04. The summed E-state index contributed by atoms with van der Waals surface area (Å²) in [6.45, 7) is 2.80. The van der Waals surface area contributed by atoms with Crippen molar-refractivity contribution in [2.24, 2.45) is 4.99 Å². The van der Waals surface area contributed by atoms with Gasteiger partial charge in [-0.15, -0.1) is 0 Å². The number of hydrogen-bond acceptors (Lipinski definition) is 1. The predicted octanol–water partition coefficient (Wildman–Crippen LogP) is 5.03. The van der Waals surface area contributed by atoms with E-state index in [1.807, 2.05) is 12.1 Å². The zero-order valence-electron chi connectivity index (χ0n) is 12.7. The van der Waals surface area contributed by atoms with Crippen LogP contribution in [0.4, 0.5) is 0 Å². The largest absolute Gasteiger partial charge is 0.279 e. The number of hydrogen-bond donors (Lipinski definition) is 0. The maximum atomic E-state index is 4.88. The van der Waals surface area contributed by atoms with Gasteiger partial charge in [0.25, 0.3) is 0 Å². The fraction of sp³-hybridized carbons (Fsp3) is 0.0952. The standard InChI is InChI=1S/C21H19N/c1-17-12-14-20(15-13-17)21(19-10-6-3-7-11-19)22-16-18-8-4-2-5-9-18/h2-15H,16H2,1H3. The molecule has 3 aromatic carbocycles. The van der Waals surface area contributed by atoms with E-state index in [-0.39, 0.29) is 0 Å². The molecule has 22 heavy (non-hydrogen) atoms. The van der Waals surface area contributed by atoms with Crippen molar-refractivity contribution in [1.82, 2.24) is 0 Å². The second-order valence-corrected chi connectivity index (χ2v) is 5.38. The second-order valence-electron chi connectivity index (χ2n) is 5.38. The predicted molar refractivity (Wildman–Crippen MR) is 93.4 cm³/mol. The molecule has 0 bridgehead atoms. The van der Waals surface area contributed by atoms with Gasteiger partial charge in [-0.1, -0.05) is 90.5 Å². The van der Waals surface area contributed by atoms with Crippen molar-refractivity contribution in [3.05, 3.63) is 107 Å². The van der Waals surface area contributed by atoms with E-state index in [2.05, 4.69) is 79.7 Å². The molecule has 0 aliphatic heterocycles. The Hall–Kier alpha value is -2.67. The number of aliphatic imine (C=N–C) groups is 1. The molecule has 0 heterocycles. The fourth-order valence-electron chi connectivity index (χ4n) is 2.41. The highest BCUT2D eigenvalue weighted by molar-refractivity contribution is 6.12. The van der Waals surface area contributed by atoms with Crippen molar-refractivity contribution in [2.75, 3.05) is 0 Å². The fourth-order valence-corrected chi connectivity index (χ4v) is 2.41. The molecule has 3 aromatic rings. The molecule has 0 aliphatic rings. The third kappa shape index (κ3) is 3.50. The summed E-state index contributed by atoms with van der Waals surface area (Å²) < 4.78 is 0. The molecule has 1 nitrogen and oxygen atoms in total. The van der Waals surface area contributed by atoms with E-state index < -0.39 is 0 Å². The van der Waals surface area contributed by atoms with E-state index in [1.165, 1.54) is 11.1 Å². The Kier molecular flexibility index (Phi) is 4.45. The van der Waals surface area contributed by atoms with Crippen LogP contribution in [0.25, 0.3) is 0 Å². The van der Waals surface area contributed by atoms with Gasteiger partial charge in [0.05, 0.1) is 12.3 Å². The third-order valence-corrected chi connectivity index (χ3v) is 3.63. The Bertz CT molecular complexity index is 741. The SMILES string of the molecule is Cc1ccc(C(=NCc2ccccc2)c2ccccc2)cc1. The summed E-state index contributed by atoms with van der Waals surface area (Å²) >= 11 is 0. The molecule has 0 amide bonds. The van der Waals surface area contributed by atoms with E-state index in [4.69, 9.17) is 4.99 Å². The third-order valence-electron chi connectivity index (χ3n) is 3.63. The van der Waals surface area contributed by atoms with Crippen LogP contribution in [0.1, 0.15) is 22.3 Å². The van der Waals surface area contributed by atoms with Crippen LogP contribution in [-0.4, -0.2) is 5.71 Å². The van der Waals surface area contributed by atoms with Crippen molar-refractivity contribution in [3.8, 4) is 0 Å². The van der Waals surface area contributed by atoms with E-state index >= 15 is 0 Å². The van der Waals surface area contributed by atoms with Gasteiger partial charge in [-0.3, -0.25) is 4.99 Å². The molecule has 0 atom stereocenters. The van der Waals surface area contributed by atoms with Crippen molar-refractivity contribution in [1.29, 1.82) is 0 Å². The first-order valence-corrected chi connectivity index (χ1v) is 7.54. The summed E-state index contributed by atoms with van der Waals surface area (Å²) in [7, 11) is 0. The van der Waals surface area contributed by atoms with Crippen molar-refractivity contribution in [3.63, 3.8) is 0 Å². The summed E-state index contributed by atoms with van der Waals surface area (Å²) in [5.74, 6) is 0. The van der Waals surface area contributed by atoms with Crippen LogP contribution in [-0.2, 0) is 6.54 Å². The Morgan fingerprint density at radius 2 is 1.23 bits per heavy atom. The lowest BCUT2D eigenvalue weighted by molar-refractivity contribution is 1.07. The van der Waals surface area contributed by atoms with Gasteiger partial charge in [-0.25, -0.2) is 0 Å². The Morgan fingerprint density at radius 3 is 1.86 bits per heavy atom. The van der Waals surface area contributed by atoms with Gasteiger partial charge in [0, 0.05) is 11.1 Å². The maximum absolute atomic E-state index is 4.88. The average molecular weight is 285 g/mol. The maximum Gasteiger partial charge on any atom is 0.0723 e. The quantitative estimate of drug-likeness (QED) is 0.596. The molecule has 0 radical (unpaired) electrons. The minimum Gasteiger partial charge on any atom is -0.279 e. The first kappa shape index (κ1) is 14.3. The van der Waals surface area contributed by atoms with Crippen LogP contribution >= 0.6 is 0 Å². The number of benzene rings is 3. The molecule has 0 aromatic heterocycles. The Balaban J connectivity index is 1.98. The first-order chi connectivity index (χ1) is 10.8. The van der Waals surface area contributed by atoms with E-state index in [0.29, 0.717) is 6.54 Å². The van der Waals surface area contributed by atoms with E-state index in [0.717, 1.165) is 16.8 Å². The molecular weight excluding hydrogens is 266 g/mol. The van der Waals surface area contributed by atoms with Gasteiger partial charge >= 0.3 is 0 Å². The highest BCUT2D eigenvalue weighted by Crippen LogP contribution is 2.13. The smallest absolute Gasteiger partial charge is 0.0723 e. The Morgan fingerprint density at radius 1 is 0.682 bits per heavy atom. The van der Waals surface area contributed by atoms with Gasteiger partial charge in [0.1, 0.15) is 0 Å². The van der Waals surface area contributed by atoms with Gasteiger partial charge in [-0.2, -0.15) is 0 Å². The molecule has 3 rings (SSSR count). The van der Waals surface area contributed by atoms with E-state index in [1.54, 1.807) is 0 Å². The van der Waals surface area contributed by atoms with Crippen LogP contribution < -0.4 is 0 Å². The molecule has 1 heteroatoms. The summed E-state index contributed by atoms with van der Waals surface area (Å²) in [6, 6.07) is 29.3. The van der Waals surface area contributed by atoms with Crippen LogP contribution in [0, 0.1) is 6.92 Å². The molecule has 108 valence electrons.